The summed E-state index contributed by atoms with van der Waals surface area (Å²) < 4.78 is 2.00. The fourth-order valence-electron chi connectivity index (χ4n) is 3.13. The lowest BCUT2D eigenvalue weighted by Gasteiger charge is -2.10. The van der Waals surface area contributed by atoms with Crippen molar-refractivity contribution in [2.75, 3.05) is 0 Å². The van der Waals surface area contributed by atoms with E-state index in [4.69, 9.17) is 23.2 Å². The predicted molar refractivity (Wildman–Crippen MR) is 117 cm³/mol. The fraction of sp³-hybridized carbons (Fsp3) is 0.130. The van der Waals surface area contributed by atoms with Gasteiger partial charge in [-0.15, -0.1) is 0 Å². The molecule has 4 nitrogen and oxygen atoms in total. The second-order valence-electron chi connectivity index (χ2n) is 6.60. The molecule has 0 bridgehead atoms. The first-order valence-electron chi connectivity index (χ1n) is 8.99. The van der Waals surface area contributed by atoms with Gasteiger partial charge in [0, 0.05) is 23.6 Å². The summed E-state index contributed by atoms with van der Waals surface area (Å²) in [6, 6.07) is 18.9. The molecule has 0 saturated heterocycles. The fourth-order valence-corrected chi connectivity index (χ4v) is 3.43. The van der Waals surface area contributed by atoms with Gasteiger partial charge in [0.1, 0.15) is 11.6 Å². The van der Waals surface area contributed by atoms with Crippen LogP contribution in [0.15, 0.2) is 60.2 Å². The molecular formula is C23H19Cl2N3O. The number of amides is 1. The zero-order valence-electron chi connectivity index (χ0n) is 16.0. The molecule has 1 aromatic heterocycles. The van der Waals surface area contributed by atoms with Gasteiger partial charge in [-0.25, -0.2) is 0 Å². The van der Waals surface area contributed by atoms with Crippen LogP contribution in [0.2, 0.25) is 10.0 Å². The highest BCUT2D eigenvalue weighted by Crippen LogP contribution is 2.28. The Kier molecular flexibility index (Phi) is 6.43. The Bertz CT molecular complexity index is 1130. The van der Waals surface area contributed by atoms with Gasteiger partial charge in [-0.05, 0) is 55.3 Å². The summed E-state index contributed by atoms with van der Waals surface area (Å²) in [5.74, 6) is -0.407. The van der Waals surface area contributed by atoms with Gasteiger partial charge in [0.2, 0.25) is 0 Å². The van der Waals surface area contributed by atoms with E-state index < -0.39 is 5.91 Å². The molecule has 1 N–H and O–H groups in total. The van der Waals surface area contributed by atoms with E-state index >= 15 is 0 Å². The molecule has 29 heavy (non-hydrogen) atoms. The van der Waals surface area contributed by atoms with E-state index in [1.807, 2.05) is 66.9 Å². The van der Waals surface area contributed by atoms with Crippen molar-refractivity contribution in [2.24, 2.45) is 0 Å². The molecule has 0 aliphatic carbocycles. The number of nitrogens with zero attached hydrogens (tertiary/aromatic N) is 2. The van der Waals surface area contributed by atoms with Crippen molar-refractivity contribution in [3.05, 3.63) is 92.7 Å². The minimum absolute atomic E-state index is 0.0512. The number of benzene rings is 2. The van der Waals surface area contributed by atoms with Crippen molar-refractivity contribution in [2.45, 2.75) is 20.4 Å². The maximum Gasteiger partial charge on any atom is 0.262 e. The molecule has 3 aromatic rings. The lowest BCUT2D eigenvalue weighted by Crippen LogP contribution is -2.23. The van der Waals surface area contributed by atoms with Crippen LogP contribution >= 0.6 is 23.2 Å². The minimum Gasteiger partial charge on any atom is -0.347 e. The second kappa shape index (κ2) is 9.00. The number of nitriles is 1. The summed E-state index contributed by atoms with van der Waals surface area (Å²) in [5, 5.41) is 13.2. The summed E-state index contributed by atoms with van der Waals surface area (Å²) in [7, 11) is 0. The summed E-state index contributed by atoms with van der Waals surface area (Å²) in [4.78, 5) is 12.5. The molecule has 0 unspecified atom stereocenters. The minimum atomic E-state index is -0.407. The standard InChI is InChI=1S/C23H19Cl2N3O/c1-15-10-18(16(2)28(15)20-8-9-21(24)22(25)12-20)11-19(13-26)23(29)27-14-17-6-4-3-5-7-17/h3-12H,14H2,1-2H3,(H,27,29). The van der Waals surface area contributed by atoms with Gasteiger partial charge in [-0.3, -0.25) is 4.79 Å². The lowest BCUT2D eigenvalue weighted by molar-refractivity contribution is -0.117. The quantitative estimate of drug-likeness (QED) is 0.427. The number of hydrogen-bond donors (Lipinski definition) is 1. The number of aromatic nitrogens is 1. The zero-order chi connectivity index (χ0) is 21.0. The lowest BCUT2D eigenvalue weighted by atomic mass is 10.1. The normalized spacial score (nSPS) is 11.2. The monoisotopic (exact) mass is 423 g/mol. The summed E-state index contributed by atoms with van der Waals surface area (Å²) in [6.07, 6.45) is 1.61. The number of halogens is 2. The predicted octanol–water partition coefficient (Wildman–Crippen LogP) is 5.62. The molecular weight excluding hydrogens is 405 g/mol. The number of hydrogen-bond acceptors (Lipinski definition) is 2. The van der Waals surface area contributed by atoms with Crippen LogP contribution in [0.4, 0.5) is 0 Å². The van der Waals surface area contributed by atoms with Crippen LogP contribution < -0.4 is 5.32 Å². The van der Waals surface area contributed by atoms with Crippen LogP contribution in [0.3, 0.4) is 0 Å². The van der Waals surface area contributed by atoms with Crippen LogP contribution in [-0.4, -0.2) is 10.5 Å². The highest BCUT2D eigenvalue weighted by atomic mass is 35.5. The summed E-state index contributed by atoms with van der Waals surface area (Å²) in [6.45, 7) is 4.24. The van der Waals surface area contributed by atoms with Crippen LogP contribution in [0.25, 0.3) is 11.8 Å². The largest absolute Gasteiger partial charge is 0.347 e. The number of carbonyl (C=O) groups is 1. The highest BCUT2D eigenvalue weighted by Gasteiger charge is 2.14. The van der Waals surface area contributed by atoms with Gasteiger partial charge in [0.15, 0.2) is 0 Å². The SMILES string of the molecule is Cc1cc(C=C(C#N)C(=O)NCc2ccccc2)c(C)n1-c1ccc(Cl)c(Cl)c1. The van der Waals surface area contributed by atoms with E-state index in [-0.39, 0.29) is 5.57 Å². The van der Waals surface area contributed by atoms with Crippen molar-refractivity contribution in [3.63, 3.8) is 0 Å². The third-order valence-electron chi connectivity index (χ3n) is 4.59. The third-order valence-corrected chi connectivity index (χ3v) is 5.33. The number of carbonyl (C=O) groups excluding carboxylic acids is 1. The van der Waals surface area contributed by atoms with Gasteiger partial charge in [0.05, 0.1) is 10.0 Å². The van der Waals surface area contributed by atoms with Crippen LogP contribution in [0.1, 0.15) is 22.5 Å². The Labute approximate surface area is 180 Å². The van der Waals surface area contributed by atoms with Crippen LogP contribution in [0.5, 0.6) is 0 Å². The molecule has 0 aliphatic heterocycles. The van der Waals surface area contributed by atoms with E-state index in [2.05, 4.69) is 5.32 Å². The summed E-state index contributed by atoms with van der Waals surface area (Å²) in [5.41, 5.74) is 4.52. The van der Waals surface area contributed by atoms with Gasteiger partial charge in [-0.2, -0.15) is 5.26 Å². The molecule has 146 valence electrons. The zero-order valence-corrected chi connectivity index (χ0v) is 17.6. The summed E-state index contributed by atoms with van der Waals surface area (Å²) >= 11 is 12.2. The van der Waals surface area contributed by atoms with Crippen molar-refractivity contribution in [3.8, 4) is 11.8 Å². The Morgan fingerprint density at radius 1 is 1.10 bits per heavy atom. The molecule has 0 spiro atoms. The molecule has 0 fully saturated rings. The maximum absolute atomic E-state index is 12.5. The Hall–Kier alpha value is -3.00. The van der Waals surface area contributed by atoms with E-state index in [1.54, 1.807) is 18.2 Å². The van der Waals surface area contributed by atoms with Gasteiger partial charge >= 0.3 is 0 Å². The average Bonchev–Trinajstić information content (AvgIpc) is 3.00. The Morgan fingerprint density at radius 3 is 2.48 bits per heavy atom. The van der Waals surface area contributed by atoms with E-state index in [0.29, 0.717) is 16.6 Å². The molecule has 1 amide bonds. The topological polar surface area (TPSA) is 57.8 Å². The smallest absolute Gasteiger partial charge is 0.262 e. The molecule has 0 aliphatic rings. The number of rotatable bonds is 5. The van der Waals surface area contributed by atoms with Crippen LogP contribution in [-0.2, 0) is 11.3 Å². The second-order valence-corrected chi connectivity index (χ2v) is 7.41. The molecule has 0 atom stereocenters. The van der Waals surface area contributed by atoms with Gasteiger partial charge < -0.3 is 9.88 Å². The Morgan fingerprint density at radius 2 is 1.83 bits per heavy atom. The molecule has 1 heterocycles. The molecule has 3 rings (SSSR count). The molecule has 0 saturated carbocycles. The van der Waals surface area contributed by atoms with Crippen LogP contribution in [0, 0.1) is 25.2 Å². The first-order valence-corrected chi connectivity index (χ1v) is 9.74. The molecule has 0 radical (unpaired) electrons. The van der Waals surface area contributed by atoms with Crippen molar-refractivity contribution >= 4 is 35.2 Å². The third kappa shape index (κ3) is 4.71. The average molecular weight is 424 g/mol. The van der Waals surface area contributed by atoms with E-state index in [9.17, 15) is 10.1 Å². The van der Waals surface area contributed by atoms with E-state index in [1.165, 1.54) is 0 Å². The number of aryl methyl sites for hydroxylation is 1. The first kappa shape index (κ1) is 20.7. The van der Waals surface area contributed by atoms with Gasteiger partial charge in [-0.1, -0.05) is 53.5 Å². The van der Waals surface area contributed by atoms with Crippen molar-refractivity contribution < 1.29 is 4.79 Å². The van der Waals surface area contributed by atoms with Gasteiger partial charge in [0.25, 0.3) is 5.91 Å². The maximum atomic E-state index is 12.5. The number of nitrogens with one attached hydrogen (secondary N) is 1. The van der Waals surface area contributed by atoms with Crippen molar-refractivity contribution in [1.29, 1.82) is 5.26 Å². The van der Waals surface area contributed by atoms with Crippen molar-refractivity contribution in [1.82, 2.24) is 9.88 Å². The first-order chi connectivity index (χ1) is 13.9. The Balaban J connectivity index is 1.87. The molecule has 2 aromatic carbocycles. The highest BCUT2D eigenvalue weighted by molar-refractivity contribution is 6.42. The van der Waals surface area contributed by atoms with E-state index in [0.717, 1.165) is 28.2 Å². The molecule has 6 heteroatoms.